The molecule has 0 fully saturated rings. The maximum absolute atomic E-state index is 12.8. The van der Waals surface area contributed by atoms with Gasteiger partial charge in [0, 0.05) is 25.8 Å². The van der Waals surface area contributed by atoms with Crippen LogP contribution in [-0.4, -0.2) is 46.8 Å². The third kappa shape index (κ3) is 5.73. The van der Waals surface area contributed by atoms with Crippen LogP contribution in [0.25, 0.3) is 0 Å². The normalized spacial score (nSPS) is 12.3. The Bertz CT molecular complexity index is 868. The van der Waals surface area contributed by atoms with Crippen molar-refractivity contribution in [2.24, 2.45) is 0 Å². The van der Waals surface area contributed by atoms with Crippen molar-refractivity contribution in [3.63, 3.8) is 0 Å². The molecule has 0 heterocycles. The van der Waals surface area contributed by atoms with Gasteiger partial charge in [-0.2, -0.15) is 0 Å². The Morgan fingerprint density at radius 1 is 1.04 bits per heavy atom. The van der Waals surface area contributed by atoms with E-state index in [9.17, 15) is 13.2 Å². The number of carbonyl (C=O) groups is 1. The number of hydrogen-bond donors (Lipinski definition) is 1. The molecule has 0 aliphatic heterocycles. The number of carbonyl (C=O) groups excluding carboxylic acids is 1. The van der Waals surface area contributed by atoms with Crippen molar-refractivity contribution < 1.29 is 13.2 Å². The Balaban J connectivity index is 2.08. The van der Waals surface area contributed by atoms with Gasteiger partial charge in [0.05, 0.1) is 11.9 Å². The summed E-state index contributed by atoms with van der Waals surface area (Å²) in [5.41, 5.74) is 2.58. The van der Waals surface area contributed by atoms with Crippen LogP contribution in [-0.2, 0) is 14.8 Å². The van der Waals surface area contributed by atoms with Crippen LogP contribution in [0.4, 0.5) is 11.4 Å². The second kappa shape index (κ2) is 9.59. The highest BCUT2D eigenvalue weighted by molar-refractivity contribution is 7.92. The van der Waals surface area contributed by atoms with E-state index in [-0.39, 0.29) is 5.91 Å². The minimum Gasteiger partial charge on any atom is -0.373 e. The summed E-state index contributed by atoms with van der Waals surface area (Å²) in [5, 5.41) is 2.88. The third-order valence-electron chi connectivity index (χ3n) is 4.56. The van der Waals surface area contributed by atoms with Gasteiger partial charge in [-0.25, -0.2) is 8.42 Å². The number of anilines is 2. The fourth-order valence-corrected chi connectivity index (χ4v) is 4.24. The van der Waals surface area contributed by atoms with Gasteiger partial charge in [-0.3, -0.25) is 9.10 Å². The van der Waals surface area contributed by atoms with Crippen LogP contribution in [0.5, 0.6) is 0 Å². The number of benzene rings is 2. The highest BCUT2D eigenvalue weighted by Crippen LogP contribution is 2.23. The second-order valence-corrected chi connectivity index (χ2v) is 8.73. The first kappa shape index (κ1) is 21.8. The van der Waals surface area contributed by atoms with Crippen LogP contribution in [0.3, 0.4) is 0 Å². The summed E-state index contributed by atoms with van der Waals surface area (Å²) in [4.78, 5) is 14.8. The molecule has 6 nitrogen and oxygen atoms in total. The van der Waals surface area contributed by atoms with Gasteiger partial charge in [-0.05, 0) is 37.6 Å². The molecular formula is C21H29N3O3S. The van der Waals surface area contributed by atoms with E-state index in [1.54, 1.807) is 12.1 Å². The summed E-state index contributed by atoms with van der Waals surface area (Å²) in [6.07, 6.45) is 1.51. The van der Waals surface area contributed by atoms with Gasteiger partial charge >= 0.3 is 0 Å². The predicted molar refractivity (Wildman–Crippen MR) is 115 cm³/mol. The van der Waals surface area contributed by atoms with Crippen LogP contribution >= 0.6 is 0 Å². The highest BCUT2D eigenvalue weighted by Gasteiger charge is 2.31. The van der Waals surface area contributed by atoms with Crippen molar-refractivity contribution in [3.05, 3.63) is 60.2 Å². The SMILES string of the molecule is CCC(C(=O)NCCN(C)c1ccccc1)N(c1ccc(C)cc1)S(C)(=O)=O. The lowest BCUT2D eigenvalue weighted by molar-refractivity contribution is -0.122. The van der Waals surface area contributed by atoms with Crippen LogP contribution in [0.1, 0.15) is 18.9 Å². The van der Waals surface area contributed by atoms with E-state index in [0.29, 0.717) is 25.2 Å². The van der Waals surface area contributed by atoms with Crippen molar-refractivity contribution in [2.75, 3.05) is 35.6 Å². The van der Waals surface area contributed by atoms with Crippen molar-refractivity contribution in [2.45, 2.75) is 26.3 Å². The molecule has 0 bridgehead atoms. The Hall–Kier alpha value is -2.54. The van der Waals surface area contributed by atoms with Crippen molar-refractivity contribution in [1.29, 1.82) is 0 Å². The van der Waals surface area contributed by atoms with Gasteiger partial charge < -0.3 is 10.2 Å². The first-order chi connectivity index (χ1) is 13.2. The standard InChI is InChI=1S/C21H29N3O3S/c1-5-20(24(28(4,26)27)19-13-11-17(2)12-14-19)21(25)22-15-16-23(3)18-9-7-6-8-10-18/h6-14,20H,5,15-16H2,1-4H3,(H,22,25). The molecule has 7 heteroatoms. The van der Waals surface area contributed by atoms with Crippen molar-refractivity contribution in [1.82, 2.24) is 5.32 Å². The molecule has 2 rings (SSSR count). The van der Waals surface area contributed by atoms with Gasteiger partial charge in [0.1, 0.15) is 6.04 Å². The molecule has 0 saturated carbocycles. The number of hydrogen-bond acceptors (Lipinski definition) is 4. The number of rotatable bonds is 9. The highest BCUT2D eigenvalue weighted by atomic mass is 32.2. The number of sulfonamides is 1. The zero-order valence-corrected chi connectivity index (χ0v) is 17.7. The lowest BCUT2D eigenvalue weighted by Gasteiger charge is -2.30. The molecule has 0 saturated heterocycles. The van der Waals surface area contributed by atoms with Crippen LogP contribution < -0.4 is 14.5 Å². The molecular weight excluding hydrogens is 374 g/mol. The summed E-state index contributed by atoms with van der Waals surface area (Å²) in [6, 6.07) is 16.2. The number of likely N-dealkylation sites (N-methyl/N-ethyl adjacent to an activating group) is 1. The van der Waals surface area contributed by atoms with Gasteiger partial charge in [-0.15, -0.1) is 0 Å². The van der Waals surface area contributed by atoms with Gasteiger partial charge in [-0.1, -0.05) is 42.8 Å². The number of nitrogens with one attached hydrogen (secondary N) is 1. The van der Waals surface area contributed by atoms with Gasteiger partial charge in [0.25, 0.3) is 0 Å². The summed E-state index contributed by atoms with van der Waals surface area (Å²) in [5.74, 6) is -0.296. The molecule has 0 radical (unpaired) electrons. The minimum atomic E-state index is -3.61. The number of aryl methyl sites for hydroxylation is 1. The van der Waals surface area contributed by atoms with Crippen LogP contribution in [0.15, 0.2) is 54.6 Å². The molecule has 1 atom stereocenters. The molecule has 152 valence electrons. The van der Waals surface area contributed by atoms with E-state index >= 15 is 0 Å². The third-order valence-corrected chi connectivity index (χ3v) is 5.74. The van der Waals surface area contributed by atoms with E-state index in [2.05, 4.69) is 5.32 Å². The molecule has 1 amide bonds. The second-order valence-electron chi connectivity index (χ2n) is 6.87. The summed E-state index contributed by atoms with van der Waals surface area (Å²) in [7, 11) is -1.66. The fraction of sp³-hybridized carbons (Fsp3) is 0.381. The van der Waals surface area contributed by atoms with Crippen LogP contribution in [0.2, 0.25) is 0 Å². The fourth-order valence-electron chi connectivity index (χ4n) is 3.03. The summed E-state index contributed by atoms with van der Waals surface area (Å²) >= 11 is 0. The minimum absolute atomic E-state index is 0.296. The van der Waals surface area contributed by atoms with Gasteiger partial charge in [0.15, 0.2) is 0 Å². The molecule has 2 aromatic carbocycles. The van der Waals surface area contributed by atoms with E-state index in [1.165, 1.54) is 4.31 Å². The lowest BCUT2D eigenvalue weighted by atomic mass is 10.1. The Morgan fingerprint density at radius 3 is 2.18 bits per heavy atom. The monoisotopic (exact) mass is 403 g/mol. The molecule has 0 spiro atoms. The maximum Gasteiger partial charge on any atom is 0.243 e. The first-order valence-electron chi connectivity index (χ1n) is 9.34. The average molecular weight is 404 g/mol. The zero-order chi connectivity index (χ0) is 20.7. The lowest BCUT2D eigenvalue weighted by Crippen LogP contribution is -2.50. The Labute approximate surface area is 168 Å². The van der Waals surface area contributed by atoms with Crippen molar-refractivity contribution >= 4 is 27.3 Å². The van der Waals surface area contributed by atoms with E-state index in [0.717, 1.165) is 17.5 Å². The Morgan fingerprint density at radius 2 is 1.64 bits per heavy atom. The maximum atomic E-state index is 12.8. The van der Waals surface area contributed by atoms with E-state index in [1.807, 2.05) is 68.3 Å². The number of amides is 1. The number of para-hydroxylation sites is 1. The smallest absolute Gasteiger partial charge is 0.243 e. The van der Waals surface area contributed by atoms with Gasteiger partial charge in [0.2, 0.25) is 15.9 Å². The largest absolute Gasteiger partial charge is 0.373 e. The topological polar surface area (TPSA) is 69.7 Å². The average Bonchev–Trinajstić information content (AvgIpc) is 2.66. The first-order valence-corrected chi connectivity index (χ1v) is 11.2. The summed E-state index contributed by atoms with van der Waals surface area (Å²) in [6.45, 7) is 4.79. The summed E-state index contributed by atoms with van der Waals surface area (Å²) < 4.78 is 26.1. The quantitative estimate of drug-likeness (QED) is 0.699. The molecule has 0 aliphatic rings. The van der Waals surface area contributed by atoms with E-state index in [4.69, 9.17) is 0 Å². The Kier molecular flexibility index (Phi) is 7.45. The molecule has 0 aromatic heterocycles. The predicted octanol–water partition coefficient (Wildman–Crippen LogP) is 2.79. The number of nitrogens with zero attached hydrogens (tertiary/aromatic N) is 2. The molecule has 1 unspecified atom stereocenters. The van der Waals surface area contributed by atoms with Crippen LogP contribution in [0, 0.1) is 6.92 Å². The molecule has 1 N–H and O–H groups in total. The van der Waals surface area contributed by atoms with Crippen molar-refractivity contribution in [3.8, 4) is 0 Å². The zero-order valence-electron chi connectivity index (χ0n) is 16.9. The molecule has 0 aliphatic carbocycles. The van der Waals surface area contributed by atoms with E-state index < -0.39 is 16.1 Å². The molecule has 28 heavy (non-hydrogen) atoms. The molecule has 2 aromatic rings.